The van der Waals surface area contributed by atoms with E-state index < -0.39 is 6.10 Å². The van der Waals surface area contributed by atoms with Crippen LogP contribution in [-0.2, 0) is 0 Å². The van der Waals surface area contributed by atoms with Crippen LogP contribution in [0.15, 0.2) is 42.0 Å². The zero-order valence-electron chi connectivity index (χ0n) is 9.87. The molecule has 0 spiro atoms. The number of nitrogens with zero attached hydrogens (tertiary/aromatic N) is 2. The van der Waals surface area contributed by atoms with Crippen LogP contribution in [0.3, 0.4) is 0 Å². The van der Waals surface area contributed by atoms with Crippen LogP contribution in [0.2, 0.25) is 0 Å². The van der Waals surface area contributed by atoms with Gasteiger partial charge in [0.15, 0.2) is 0 Å². The minimum atomic E-state index is -0.609. The molecule has 0 aliphatic rings. The smallest absolute Gasteiger partial charge is 0.115 e. The van der Waals surface area contributed by atoms with Crippen LogP contribution in [0.1, 0.15) is 22.2 Å². The highest BCUT2D eigenvalue weighted by atomic mass is 32.1. The van der Waals surface area contributed by atoms with E-state index in [1.807, 2.05) is 37.3 Å². The summed E-state index contributed by atoms with van der Waals surface area (Å²) in [6, 6.07) is 9.73. The number of aryl methyl sites for hydroxylation is 1. The van der Waals surface area contributed by atoms with Gasteiger partial charge < -0.3 is 5.11 Å². The molecule has 2 heterocycles. The minimum absolute atomic E-state index is 0.609. The fourth-order valence-electron chi connectivity index (χ4n) is 1.99. The third-order valence-corrected chi connectivity index (χ3v) is 3.96. The zero-order valence-corrected chi connectivity index (χ0v) is 10.7. The second-order valence-electron chi connectivity index (χ2n) is 4.16. The van der Waals surface area contributed by atoms with E-state index >= 15 is 0 Å². The first-order valence-corrected chi connectivity index (χ1v) is 6.56. The number of hydrogen-bond donors (Lipinski definition) is 1. The molecule has 0 saturated carbocycles. The molecule has 3 nitrogen and oxygen atoms in total. The van der Waals surface area contributed by atoms with Gasteiger partial charge in [0.25, 0.3) is 0 Å². The summed E-state index contributed by atoms with van der Waals surface area (Å²) < 4.78 is 0. The Morgan fingerprint density at radius 3 is 2.89 bits per heavy atom. The number of aliphatic hydroxyl groups excluding tert-OH is 1. The monoisotopic (exact) mass is 256 g/mol. The molecular formula is C14H12N2OS. The number of hydrogen-bond acceptors (Lipinski definition) is 4. The first-order valence-electron chi connectivity index (χ1n) is 5.68. The number of benzene rings is 1. The van der Waals surface area contributed by atoms with Gasteiger partial charge in [-0.15, -0.1) is 11.3 Å². The van der Waals surface area contributed by atoms with Crippen molar-refractivity contribution in [2.45, 2.75) is 13.0 Å². The van der Waals surface area contributed by atoms with Crippen LogP contribution >= 0.6 is 11.3 Å². The molecule has 1 aromatic carbocycles. The van der Waals surface area contributed by atoms with Crippen LogP contribution in [0.5, 0.6) is 0 Å². The summed E-state index contributed by atoms with van der Waals surface area (Å²) in [6.07, 6.45) is 1.16. The first-order chi connectivity index (χ1) is 8.75. The molecule has 1 unspecified atom stereocenters. The first kappa shape index (κ1) is 11.3. The van der Waals surface area contributed by atoms with Crippen LogP contribution in [0.25, 0.3) is 10.9 Å². The lowest BCUT2D eigenvalue weighted by Gasteiger charge is -2.10. The molecule has 0 saturated heterocycles. The molecule has 0 aliphatic carbocycles. The molecule has 4 heteroatoms. The lowest BCUT2D eigenvalue weighted by molar-refractivity contribution is 0.223. The Balaban J connectivity index is 2.07. The minimum Gasteiger partial charge on any atom is -0.383 e. The second-order valence-corrected chi connectivity index (χ2v) is 5.05. The van der Waals surface area contributed by atoms with Gasteiger partial charge in [0.1, 0.15) is 6.10 Å². The Labute approximate surface area is 109 Å². The number of thiazole rings is 1. The molecule has 3 aromatic rings. The van der Waals surface area contributed by atoms with Crippen LogP contribution in [0, 0.1) is 6.92 Å². The van der Waals surface area contributed by atoms with E-state index in [2.05, 4.69) is 9.97 Å². The van der Waals surface area contributed by atoms with Gasteiger partial charge >= 0.3 is 0 Å². The van der Waals surface area contributed by atoms with Crippen molar-refractivity contribution in [3.8, 4) is 0 Å². The predicted molar refractivity (Wildman–Crippen MR) is 72.7 cm³/mol. The number of aromatic nitrogens is 2. The van der Waals surface area contributed by atoms with Crippen molar-refractivity contribution in [2.24, 2.45) is 0 Å². The summed E-state index contributed by atoms with van der Waals surface area (Å²) in [5, 5.41) is 11.4. The number of pyridine rings is 1. The van der Waals surface area contributed by atoms with Crippen molar-refractivity contribution < 1.29 is 5.11 Å². The van der Waals surface area contributed by atoms with Crippen LogP contribution < -0.4 is 0 Å². The SMILES string of the molecule is Cc1ncsc1C(O)c1ccc2ncccc2c1. The third-order valence-electron chi connectivity index (χ3n) is 2.97. The number of aliphatic hydroxyl groups is 1. The van der Waals surface area contributed by atoms with E-state index in [9.17, 15) is 5.11 Å². The highest BCUT2D eigenvalue weighted by Crippen LogP contribution is 2.29. The maximum Gasteiger partial charge on any atom is 0.115 e. The lowest BCUT2D eigenvalue weighted by atomic mass is 10.0. The van der Waals surface area contributed by atoms with E-state index in [4.69, 9.17) is 0 Å². The fourth-order valence-corrected chi connectivity index (χ4v) is 2.80. The van der Waals surface area contributed by atoms with Crippen molar-refractivity contribution >= 4 is 22.2 Å². The molecule has 0 fully saturated rings. The molecule has 3 rings (SSSR count). The van der Waals surface area contributed by atoms with Crippen LogP contribution in [0.4, 0.5) is 0 Å². The maximum absolute atomic E-state index is 10.4. The fraction of sp³-hybridized carbons (Fsp3) is 0.143. The predicted octanol–water partition coefficient (Wildman–Crippen LogP) is 3.08. The van der Waals surface area contributed by atoms with Crippen molar-refractivity contribution in [1.82, 2.24) is 9.97 Å². The van der Waals surface area contributed by atoms with Gasteiger partial charge in [-0.25, -0.2) is 4.98 Å². The summed E-state index contributed by atoms with van der Waals surface area (Å²) in [7, 11) is 0. The summed E-state index contributed by atoms with van der Waals surface area (Å²) in [6.45, 7) is 1.91. The molecule has 0 radical (unpaired) electrons. The van der Waals surface area contributed by atoms with Crippen molar-refractivity contribution in [3.05, 3.63) is 58.2 Å². The van der Waals surface area contributed by atoms with Gasteiger partial charge in [0, 0.05) is 11.6 Å². The molecule has 0 aliphatic heterocycles. The molecule has 0 bridgehead atoms. The molecule has 2 aromatic heterocycles. The van der Waals surface area contributed by atoms with E-state index in [1.165, 1.54) is 11.3 Å². The van der Waals surface area contributed by atoms with Gasteiger partial charge in [0.2, 0.25) is 0 Å². The zero-order chi connectivity index (χ0) is 12.5. The maximum atomic E-state index is 10.4. The summed E-state index contributed by atoms with van der Waals surface area (Å²) >= 11 is 1.48. The summed E-state index contributed by atoms with van der Waals surface area (Å²) in [4.78, 5) is 9.34. The van der Waals surface area contributed by atoms with Gasteiger partial charge in [0.05, 0.1) is 21.6 Å². The molecule has 1 N–H and O–H groups in total. The largest absolute Gasteiger partial charge is 0.383 e. The topological polar surface area (TPSA) is 46.0 Å². The highest BCUT2D eigenvalue weighted by molar-refractivity contribution is 7.09. The van der Waals surface area contributed by atoms with Crippen LogP contribution in [-0.4, -0.2) is 15.1 Å². The van der Waals surface area contributed by atoms with Crippen molar-refractivity contribution in [3.63, 3.8) is 0 Å². The van der Waals surface area contributed by atoms with E-state index in [0.717, 1.165) is 27.0 Å². The Morgan fingerprint density at radius 2 is 2.11 bits per heavy atom. The van der Waals surface area contributed by atoms with E-state index in [0.29, 0.717) is 0 Å². The lowest BCUT2D eigenvalue weighted by Crippen LogP contribution is -1.99. The van der Waals surface area contributed by atoms with Gasteiger partial charge in [-0.1, -0.05) is 12.1 Å². The Hall–Kier alpha value is -1.78. The van der Waals surface area contributed by atoms with Gasteiger partial charge in [-0.3, -0.25) is 4.98 Å². The van der Waals surface area contributed by atoms with E-state index in [1.54, 1.807) is 11.7 Å². The highest BCUT2D eigenvalue weighted by Gasteiger charge is 2.15. The molecular weight excluding hydrogens is 244 g/mol. The number of fused-ring (bicyclic) bond motifs is 1. The molecule has 90 valence electrons. The Morgan fingerprint density at radius 1 is 1.22 bits per heavy atom. The Kier molecular flexibility index (Phi) is 2.81. The standard InChI is InChI=1S/C14H12N2OS/c1-9-14(18-8-16-9)13(17)11-4-5-12-10(7-11)3-2-6-15-12/h2-8,13,17H,1H3. The normalized spacial score (nSPS) is 12.8. The van der Waals surface area contributed by atoms with Crippen molar-refractivity contribution in [1.29, 1.82) is 0 Å². The molecule has 18 heavy (non-hydrogen) atoms. The molecule has 0 amide bonds. The van der Waals surface area contributed by atoms with E-state index in [-0.39, 0.29) is 0 Å². The second kappa shape index (κ2) is 4.48. The van der Waals surface area contributed by atoms with Crippen molar-refractivity contribution in [2.75, 3.05) is 0 Å². The van der Waals surface area contributed by atoms with Gasteiger partial charge in [-0.05, 0) is 30.7 Å². The Bertz CT molecular complexity index is 693. The number of rotatable bonds is 2. The average Bonchev–Trinajstić information content (AvgIpc) is 2.83. The molecule has 1 atom stereocenters. The summed E-state index contributed by atoms with van der Waals surface area (Å²) in [5.41, 5.74) is 4.47. The average molecular weight is 256 g/mol. The quantitative estimate of drug-likeness (QED) is 0.766. The summed E-state index contributed by atoms with van der Waals surface area (Å²) in [5.74, 6) is 0. The van der Waals surface area contributed by atoms with Gasteiger partial charge in [-0.2, -0.15) is 0 Å². The third kappa shape index (κ3) is 1.89.